The van der Waals surface area contributed by atoms with Crippen LogP contribution >= 0.6 is 15.9 Å². The standard InChI is InChI=1S/C25H24BrFN2O4/c1-3-12-32-23-10-8-17(14-24(23)31-2)25(30)29-28-15-19-13-20(26)9-11-22(19)33-16-18-6-4-5-7-21(18)27/h4-11,13-15H,3,12,16H2,1-2H3,(H,29,30)/b28-15+. The molecule has 0 heterocycles. The van der Waals surface area contributed by atoms with Gasteiger partial charge in [-0.05, 0) is 48.9 Å². The predicted molar refractivity (Wildman–Crippen MR) is 129 cm³/mol. The summed E-state index contributed by atoms with van der Waals surface area (Å²) in [5, 5.41) is 4.05. The fraction of sp³-hybridized carbons (Fsp3) is 0.200. The van der Waals surface area contributed by atoms with Crippen LogP contribution in [0.4, 0.5) is 4.39 Å². The molecule has 0 aliphatic rings. The van der Waals surface area contributed by atoms with Crippen molar-refractivity contribution in [1.29, 1.82) is 0 Å². The molecule has 0 saturated carbocycles. The van der Waals surface area contributed by atoms with Gasteiger partial charge in [0.05, 0.1) is 19.9 Å². The molecule has 172 valence electrons. The van der Waals surface area contributed by atoms with Crippen LogP contribution in [0.2, 0.25) is 0 Å². The number of hydrogen-bond acceptors (Lipinski definition) is 5. The number of carbonyl (C=O) groups is 1. The highest BCUT2D eigenvalue weighted by molar-refractivity contribution is 9.10. The number of hydrazone groups is 1. The van der Waals surface area contributed by atoms with Gasteiger partial charge in [0, 0.05) is 21.2 Å². The Morgan fingerprint density at radius 2 is 1.85 bits per heavy atom. The summed E-state index contributed by atoms with van der Waals surface area (Å²) >= 11 is 3.41. The third kappa shape index (κ3) is 6.79. The highest BCUT2D eigenvalue weighted by atomic mass is 79.9. The quantitative estimate of drug-likeness (QED) is 0.277. The van der Waals surface area contributed by atoms with E-state index in [0.29, 0.717) is 40.5 Å². The molecule has 1 N–H and O–H groups in total. The lowest BCUT2D eigenvalue weighted by Crippen LogP contribution is -2.17. The number of carbonyl (C=O) groups excluding carboxylic acids is 1. The maximum Gasteiger partial charge on any atom is 0.271 e. The van der Waals surface area contributed by atoms with Crippen molar-refractivity contribution in [3.63, 3.8) is 0 Å². The maximum absolute atomic E-state index is 13.9. The van der Waals surface area contributed by atoms with Crippen LogP contribution in [-0.4, -0.2) is 25.8 Å². The highest BCUT2D eigenvalue weighted by Gasteiger charge is 2.11. The predicted octanol–water partition coefficient (Wildman–Crippen LogP) is 5.73. The fourth-order valence-corrected chi connectivity index (χ4v) is 3.27. The molecule has 0 atom stereocenters. The molecule has 0 fully saturated rings. The van der Waals surface area contributed by atoms with Crippen molar-refractivity contribution in [3.05, 3.63) is 87.6 Å². The van der Waals surface area contributed by atoms with Crippen LogP contribution in [-0.2, 0) is 6.61 Å². The van der Waals surface area contributed by atoms with Crippen molar-refractivity contribution in [2.75, 3.05) is 13.7 Å². The number of nitrogens with zero attached hydrogens (tertiary/aromatic N) is 1. The van der Waals surface area contributed by atoms with Gasteiger partial charge in [0.25, 0.3) is 5.91 Å². The van der Waals surface area contributed by atoms with Crippen molar-refractivity contribution in [1.82, 2.24) is 5.43 Å². The first-order valence-corrected chi connectivity index (χ1v) is 11.1. The second-order valence-corrected chi connectivity index (χ2v) is 7.89. The molecule has 1 amide bonds. The third-order valence-corrected chi connectivity index (χ3v) is 5.06. The van der Waals surface area contributed by atoms with Crippen LogP contribution in [0.1, 0.15) is 34.8 Å². The van der Waals surface area contributed by atoms with Crippen molar-refractivity contribution in [2.24, 2.45) is 5.10 Å². The topological polar surface area (TPSA) is 69.2 Å². The molecule has 0 aliphatic carbocycles. The minimum Gasteiger partial charge on any atom is -0.493 e. The monoisotopic (exact) mass is 514 g/mol. The zero-order valence-corrected chi connectivity index (χ0v) is 19.9. The van der Waals surface area contributed by atoms with Crippen LogP contribution in [0, 0.1) is 5.82 Å². The fourth-order valence-electron chi connectivity index (χ4n) is 2.89. The summed E-state index contributed by atoms with van der Waals surface area (Å²) in [4.78, 5) is 12.5. The number of halogens is 2. The molecule has 0 spiro atoms. The molecular weight excluding hydrogens is 491 g/mol. The Bertz CT molecular complexity index is 1140. The van der Waals surface area contributed by atoms with Gasteiger partial charge in [-0.2, -0.15) is 5.10 Å². The largest absolute Gasteiger partial charge is 0.493 e. The lowest BCUT2D eigenvalue weighted by atomic mass is 10.2. The van der Waals surface area contributed by atoms with E-state index in [-0.39, 0.29) is 12.4 Å². The summed E-state index contributed by atoms with van der Waals surface area (Å²) in [6.45, 7) is 2.63. The Morgan fingerprint density at radius 1 is 1.06 bits per heavy atom. The van der Waals surface area contributed by atoms with E-state index >= 15 is 0 Å². The van der Waals surface area contributed by atoms with Gasteiger partial charge >= 0.3 is 0 Å². The van der Waals surface area contributed by atoms with Gasteiger partial charge in [-0.3, -0.25) is 4.79 Å². The van der Waals surface area contributed by atoms with Crippen molar-refractivity contribution in [2.45, 2.75) is 20.0 Å². The Labute approximate surface area is 200 Å². The Hall–Kier alpha value is -3.39. The number of hydrogen-bond donors (Lipinski definition) is 1. The normalized spacial score (nSPS) is 10.8. The minimum atomic E-state index is -0.407. The molecule has 33 heavy (non-hydrogen) atoms. The molecule has 3 aromatic carbocycles. The van der Waals surface area contributed by atoms with E-state index in [1.807, 2.05) is 6.92 Å². The summed E-state index contributed by atoms with van der Waals surface area (Å²) in [7, 11) is 1.52. The molecule has 0 radical (unpaired) electrons. The first-order valence-electron chi connectivity index (χ1n) is 10.3. The molecule has 0 bridgehead atoms. The highest BCUT2D eigenvalue weighted by Crippen LogP contribution is 2.28. The van der Waals surface area contributed by atoms with Gasteiger partial charge in [0.15, 0.2) is 11.5 Å². The molecule has 3 aromatic rings. The van der Waals surface area contributed by atoms with Crippen molar-refractivity contribution < 1.29 is 23.4 Å². The molecule has 6 nitrogen and oxygen atoms in total. The second kappa shape index (κ2) is 12.0. The van der Waals surface area contributed by atoms with Crippen molar-refractivity contribution in [3.8, 4) is 17.2 Å². The van der Waals surface area contributed by atoms with Crippen LogP contribution in [0.25, 0.3) is 0 Å². The van der Waals surface area contributed by atoms with Gasteiger partial charge in [-0.15, -0.1) is 0 Å². The SMILES string of the molecule is CCCOc1ccc(C(=O)N/N=C/c2cc(Br)ccc2OCc2ccccc2F)cc1OC. The summed E-state index contributed by atoms with van der Waals surface area (Å²) in [5.41, 5.74) is 3.92. The Balaban J connectivity index is 1.69. The number of nitrogens with one attached hydrogen (secondary N) is 1. The number of ether oxygens (including phenoxy) is 3. The molecular formula is C25H24BrFN2O4. The first-order chi connectivity index (χ1) is 16.0. The molecule has 8 heteroatoms. The van der Waals surface area contributed by atoms with Gasteiger partial charge in [-0.1, -0.05) is 41.1 Å². The smallest absolute Gasteiger partial charge is 0.271 e. The van der Waals surface area contributed by atoms with Crippen LogP contribution in [0.5, 0.6) is 17.2 Å². The van der Waals surface area contributed by atoms with E-state index in [1.54, 1.807) is 54.6 Å². The van der Waals surface area contributed by atoms with Crippen LogP contribution in [0.3, 0.4) is 0 Å². The van der Waals surface area contributed by atoms with Crippen molar-refractivity contribution >= 4 is 28.1 Å². The second-order valence-electron chi connectivity index (χ2n) is 6.98. The zero-order chi connectivity index (χ0) is 23.6. The van der Waals surface area contributed by atoms with Crippen LogP contribution in [0.15, 0.2) is 70.2 Å². The summed E-state index contributed by atoms with van der Waals surface area (Å²) in [6, 6.07) is 16.7. The Kier molecular flexibility index (Phi) is 8.83. The molecule has 0 saturated heterocycles. The first kappa shape index (κ1) is 24.3. The third-order valence-electron chi connectivity index (χ3n) is 4.57. The van der Waals surface area contributed by atoms with Gasteiger partial charge in [0.2, 0.25) is 0 Å². The number of benzene rings is 3. The minimum absolute atomic E-state index is 0.0632. The van der Waals surface area contributed by atoms with E-state index in [1.165, 1.54) is 19.4 Å². The molecule has 0 aromatic heterocycles. The van der Waals surface area contributed by atoms with E-state index in [0.717, 1.165) is 10.9 Å². The number of rotatable bonds is 10. The maximum atomic E-state index is 13.9. The molecule has 0 unspecified atom stereocenters. The summed E-state index contributed by atoms with van der Waals surface area (Å²) in [6.07, 6.45) is 2.33. The van der Waals surface area contributed by atoms with E-state index in [4.69, 9.17) is 14.2 Å². The van der Waals surface area contributed by atoms with Gasteiger partial charge in [0.1, 0.15) is 18.2 Å². The lowest BCUT2D eigenvalue weighted by molar-refractivity contribution is 0.0954. The van der Waals surface area contributed by atoms with E-state index < -0.39 is 5.91 Å². The van der Waals surface area contributed by atoms with Gasteiger partial charge in [-0.25, -0.2) is 9.82 Å². The lowest BCUT2D eigenvalue weighted by Gasteiger charge is -2.11. The van der Waals surface area contributed by atoms with Crippen LogP contribution < -0.4 is 19.6 Å². The van der Waals surface area contributed by atoms with Gasteiger partial charge < -0.3 is 14.2 Å². The average molecular weight is 515 g/mol. The zero-order valence-electron chi connectivity index (χ0n) is 18.3. The summed E-state index contributed by atoms with van der Waals surface area (Å²) in [5.74, 6) is 0.800. The van der Waals surface area contributed by atoms with E-state index in [9.17, 15) is 9.18 Å². The summed E-state index contributed by atoms with van der Waals surface area (Å²) < 4.78 is 31.4. The average Bonchev–Trinajstić information content (AvgIpc) is 2.83. The molecule has 0 aliphatic heterocycles. The molecule has 3 rings (SSSR count). The van der Waals surface area contributed by atoms with E-state index in [2.05, 4.69) is 26.5 Å². The number of amides is 1. The number of methoxy groups -OCH3 is 1. The Morgan fingerprint density at radius 3 is 2.61 bits per heavy atom.